The number of fused-ring (bicyclic) bond motifs is 1. The van der Waals surface area contributed by atoms with Crippen molar-refractivity contribution in [3.05, 3.63) is 76.2 Å². The van der Waals surface area contributed by atoms with Gasteiger partial charge in [-0.1, -0.05) is 24.3 Å². The highest BCUT2D eigenvalue weighted by Gasteiger charge is 2.11. The van der Waals surface area contributed by atoms with E-state index in [0.717, 1.165) is 0 Å². The molecule has 0 radical (unpaired) electrons. The quantitative estimate of drug-likeness (QED) is 0.385. The Morgan fingerprint density at radius 2 is 1.93 bits per heavy atom. The van der Waals surface area contributed by atoms with Crippen LogP contribution in [-0.4, -0.2) is 28.0 Å². The Bertz CT molecular complexity index is 1220. The Morgan fingerprint density at radius 1 is 1.20 bits per heavy atom. The van der Waals surface area contributed by atoms with Gasteiger partial charge >= 0.3 is 5.97 Å². The minimum atomic E-state index is -0.688. The molecule has 0 saturated carbocycles. The first-order valence-corrected chi connectivity index (χ1v) is 9.15. The van der Waals surface area contributed by atoms with Crippen LogP contribution >= 0.6 is 0 Å². The molecule has 0 saturated heterocycles. The van der Waals surface area contributed by atoms with Crippen molar-refractivity contribution in [1.82, 2.24) is 9.55 Å². The van der Waals surface area contributed by atoms with Crippen LogP contribution in [0.4, 0.5) is 5.69 Å². The molecule has 0 unspecified atom stereocenters. The lowest BCUT2D eigenvalue weighted by atomic mass is 10.1. The number of benzene rings is 2. The maximum Gasteiger partial charge on any atom is 0.348 e. The van der Waals surface area contributed by atoms with E-state index in [1.807, 2.05) is 6.07 Å². The van der Waals surface area contributed by atoms with Crippen LogP contribution in [0.15, 0.2) is 65.1 Å². The summed E-state index contributed by atoms with van der Waals surface area (Å²) in [5.74, 6) is -1.06. The summed E-state index contributed by atoms with van der Waals surface area (Å²) < 4.78 is 6.18. The van der Waals surface area contributed by atoms with Crippen molar-refractivity contribution in [2.75, 3.05) is 11.9 Å². The Hall–Kier alpha value is -4.25. The van der Waals surface area contributed by atoms with Gasteiger partial charge in [-0.05, 0) is 42.8 Å². The third kappa shape index (κ3) is 4.77. The van der Waals surface area contributed by atoms with Crippen molar-refractivity contribution in [3.63, 3.8) is 0 Å². The number of rotatable bonds is 6. The van der Waals surface area contributed by atoms with E-state index in [0.29, 0.717) is 22.3 Å². The van der Waals surface area contributed by atoms with Crippen molar-refractivity contribution in [2.45, 2.75) is 13.5 Å². The first-order chi connectivity index (χ1) is 14.5. The number of para-hydroxylation sites is 2. The van der Waals surface area contributed by atoms with Gasteiger partial charge in [-0.3, -0.25) is 14.2 Å². The molecule has 3 aromatic rings. The van der Waals surface area contributed by atoms with Gasteiger partial charge in [0.1, 0.15) is 18.2 Å². The smallest absolute Gasteiger partial charge is 0.348 e. The van der Waals surface area contributed by atoms with E-state index in [9.17, 15) is 14.4 Å². The normalized spacial score (nSPS) is 11.0. The summed E-state index contributed by atoms with van der Waals surface area (Å²) in [5.41, 5.74) is 1.83. The van der Waals surface area contributed by atoms with Crippen LogP contribution in [0.25, 0.3) is 17.1 Å². The van der Waals surface area contributed by atoms with Crippen molar-refractivity contribution in [1.29, 1.82) is 5.26 Å². The molecule has 1 heterocycles. The molecule has 2 aromatic carbocycles. The monoisotopic (exact) mass is 402 g/mol. The van der Waals surface area contributed by atoms with Gasteiger partial charge in [0.15, 0.2) is 0 Å². The maximum atomic E-state index is 12.4. The van der Waals surface area contributed by atoms with E-state index in [4.69, 9.17) is 10.00 Å². The zero-order valence-electron chi connectivity index (χ0n) is 16.2. The lowest BCUT2D eigenvalue weighted by Gasteiger charge is -2.10. The number of nitrogens with zero attached hydrogens (tertiary/aromatic N) is 3. The Kier molecular flexibility index (Phi) is 6.35. The van der Waals surface area contributed by atoms with Crippen LogP contribution in [0.3, 0.4) is 0 Å². The first-order valence-electron chi connectivity index (χ1n) is 9.15. The number of nitriles is 1. The number of carbonyl (C=O) groups excluding carboxylic acids is 2. The van der Waals surface area contributed by atoms with Gasteiger partial charge in [0.2, 0.25) is 5.91 Å². The fourth-order valence-corrected chi connectivity index (χ4v) is 2.80. The molecule has 0 aliphatic rings. The summed E-state index contributed by atoms with van der Waals surface area (Å²) in [4.78, 5) is 40.3. The molecule has 8 nitrogen and oxygen atoms in total. The zero-order chi connectivity index (χ0) is 21.5. The SMILES string of the molecule is CCOC(=O)C(C#N)=Cc1ccc(NC(=O)Cn2c(=O)cnc3ccccc32)cc1. The van der Waals surface area contributed by atoms with Crippen LogP contribution in [-0.2, 0) is 20.9 Å². The summed E-state index contributed by atoms with van der Waals surface area (Å²) in [6, 6.07) is 15.5. The molecule has 1 amide bonds. The number of anilines is 1. The summed E-state index contributed by atoms with van der Waals surface area (Å²) in [6.07, 6.45) is 2.60. The van der Waals surface area contributed by atoms with Crippen LogP contribution < -0.4 is 10.9 Å². The molecule has 0 bridgehead atoms. The summed E-state index contributed by atoms with van der Waals surface area (Å²) in [7, 11) is 0. The zero-order valence-corrected chi connectivity index (χ0v) is 16.2. The summed E-state index contributed by atoms with van der Waals surface area (Å²) in [5, 5.41) is 11.8. The minimum Gasteiger partial charge on any atom is -0.462 e. The number of ether oxygens (including phenoxy) is 1. The van der Waals surface area contributed by atoms with Crippen LogP contribution in [0.5, 0.6) is 0 Å². The number of nitrogens with one attached hydrogen (secondary N) is 1. The molecule has 3 rings (SSSR count). The molecular formula is C22H18N4O4. The standard InChI is InChI=1S/C22H18N4O4/c1-2-30-22(29)16(12-23)11-15-7-9-17(10-8-15)25-20(27)14-26-19-6-4-3-5-18(19)24-13-21(26)28/h3-11,13H,2,14H2,1H3,(H,25,27). The lowest BCUT2D eigenvalue weighted by molar-refractivity contribution is -0.137. The van der Waals surface area contributed by atoms with Crippen LogP contribution in [0, 0.1) is 11.3 Å². The largest absolute Gasteiger partial charge is 0.462 e. The molecule has 0 fully saturated rings. The molecule has 150 valence electrons. The fourth-order valence-electron chi connectivity index (χ4n) is 2.80. The molecule has 0 aliphatic carbocycles. The molecule has 1 aromatic heterocycles. The fraction of sp³-hybridized carbons (Fsp3) is 0.136. The van der Waals surface area contributed by atoms with Crippen molar-refractivity contribution >= 4 is 34.7 Å². The number of hydrogen-bond acceptors (Lipinski definition) is 6. The van der Waals surface area contributed by atoms with Gasteiger partial charge in [0.05, 0.1) is 23.8 Å². The number of carbonyl (C=O) groups is 2. The van der Waals surface area contributed by atoms with E-state index in [1.165, 1.54) is 16.8 Å². The Labute approximate surface area is 172 Å². The number of amides is 1. The van der Waals surface area contributed by atoms with Crippen molar-refractivity contribution in [2.24, 2.45) is 0 Å². The molecule has 1 N–H and O–H groups in total. The summed E-state index contributed by atoms with van der Waals surface area (Å²) in [6.45, 7) is 1.68. The van der Waals surface area contributed by atoms with Gasteiger partial charge in [-0.15, -0.1) is 0 Å². The van der Waals surface area contributed by atoms with Gasteiger partial charge < -0.3 is 10.1 Å². The minimum absolute atomic E-state index is 0.113. The summed E-state index contributed by atoms with van der Waals surface area (Å²) >= 11 is 0. The van der Waals surface area contributed by atoms with E-state index in [-0.39, 0.29) is 30.2 Å². The topological polar surface area (TPSA) is 114 Å². The predicted molar refractivity (Wildman–Crippen MR) is 111 cm³/mol. The maximum absolute atomic E-state index is 12.4. The van der Waals surface area contributed by atoms with E-state index in [1.54, 1.807) is 55.5 Å². The van der Waals surface area contributed by atoms with Gasteiger partial charge in [0, 0.05) is 5.69 Å². The third-order valence-electron chi connectivity index (χ3n) is 4.18. The van der Waals surface area contributed by atoms with E-state index >= 15 is 0 Å². The van der Waals surface area contributed by atoms with Gasteiger partial charge in [0.25, 0.3) is 5.56 Å². The van der Waals surface area contributed by atoms with Crippen LogP contribution in [0.1, 0.15) is 12.5 Å². The average Bonchev–Trinajstić information content (AvgIpc) is 2.75. The number of aromatic nitrogens is 2. The second-order valence-corrected chi connectivity index (χ2v) is 6.23. The second-order valence-electron chi connectivity index (χ2n) is 6.23. The average molecular weight is 402 g/mol. The molecular weight excluding hydrogens is 384 g/mol. The van der Waals surface area contributed by atoms with E-state index in [2.05, 4.69) is 10.3 Å². The molecule has 30 heavy (non-hydrogen) atoms. The highest BCUT2D eigenvalue weighted by atomic mass is 16.5. The second kappa shape index (κ2) is 9.30. The highest BCUT2D eigenvalue weighted by molar-refractivity contribution is 5.98. The Balaban J connectivity index is 1.73. The molecule has 0 atom stereocenters. The van der Waals surface area contributed by atoms with Gasteiger partial charge in [-0.25, -0.2) is 9.78 Å². The van der Waals surface area contributed by atoms with E-state index < -0.39 is 5.97 Å². The third-order valence-corrected chi connectivity index (χ3v) is 4.18. The molecule has 0 spiro atoms. The first kappa shape index (κ1) is 20.5. The van der Waals surface area contributed by atoms with Crippen molar-refractivity contribution in [3.8, 4) is 6.07 Å². The predicted octanol–water partition coefficient (Wildman–Crippen LogP) is 2.51. The highest BCUT2D eigenvalue weighted by Crippen LogP contribution is 2.14. The molecule has 8 heteroatoms. The number of hydrogen-bond donors (Lipinski definition) is 1. The number of esters is 1. The van der Waals surface area contributed by atoms with Crippen molar-refractivity contribution < 1.29 is 14.3 Å². The van der Waals surface area contributed by atoms with Crippen LogP contribution in [0.2, 0.25) is 0 Å². The van der Waals surface area contributed by atoms with Gasteiger partial charge in [-0.2, -0.15) is 5.26 Å². The Morgan fingerprint density at radius 3 is 2.63 bits per heavy atom. The molecule has 0 aliphatic heterocycles. The lowest BCUT2D eigenvalue weighted by Crippen LogP contribution is -2.27.